The maximum Gasteiger partial charge on any atom is 0.223 e. The van der Waals surface area contributed by atoms with Crippen LogP contribution in [0.3, 0.4) is 0 Å². The number of carbonyl (C=O) groups excluding carboxylic acids is 1. The molecule has 0 spiro atoms. The van der Waals surface area contributed by atoms with Crippen molar-refractivity contribution in [2.75, 3.05) is 20.1 Å². The number of carbonyl (C=O) groups is 1. The molecule has 1 amide bonds. The summed E-state index contributed by atoms with van der Waals surface area (Å²) < 4.78 is 1.05. The van der Waals surface area contributed by atoms with Crippen molar-refractivity contribution in [1.29, 1.82) is 0 Å². The molecule has 3 nitrogen and oxygen atoms in total. The summed E-state index contributed by atoms with van der Waals surface area (Å²) >= 11 is 3.44. The van der Waals surface area contributed by atoms with Crippen LogP contribution in [0.1, 0.15) is 24.8 Å². The highest BCUT2D eigenvalue weighted by atomic mass is 79.9. The van der Waals surface area contributed by atoms with Crippen LogP contribution < -0.4 is 5.73 Å². The molecule has 1 aromatic carbocycles. The molecular weight excluding hydrogens is 292 g/mol. The van der Waals surface area contributed by atoms with Crippen LogP contribution in [0.2, 0.25) is 0 Å². The number of hydrogen-bond donors (Lipinski definition) is 1. The van der Waals surface area contributed by atoms with E-state index in [1.54, 1.807) is 0 Å². The normalized spacial score (nSPS) is 25.1. The quantitative estimate of drug-likeness (QED) is 0.911. The molecular formula is C14H19BrN2O. The molecule has 1 unspecified atom stereocenters. The molecule has 1 fully saturated rings. The molecule has 1 atom stereocenters. The molecule has 1 aliphatic rings. The number of rotatable bonds is 2. The third-order valence-corrected chi connectivity index (χ3v) is 4.44. The number of likely N-dealkylation sites (tertiary alicyclic amines) is 1. The van der Waals surface area contributed by atoms with Crippen molar-refractivity contribution in [3.8, 4) is 0 Å². The summed E-state index contributed by atoms with van der Waals surface area (Å²) in [6.45, 7) is 1.35. The Labute approximate surface area is 116 Å². The van der Waals surface area contributed by atoms with E-state index in [1.807, 2.05) is 24.1 Å². The second-order valence-corrected chi connectivity index (χ2v) is 6.00. The molecule has 0 bridgehead atoms. The number of hydrogen-bond acceptors (Lipinski definition) is 2. The maximum absolute atomic E-state index is 12.1. The fourth-order valence-electron chi connectivity index (χ4n) is 2.63. The van der Waals surface area contributed by atoms with Gasteiger partial charge in [-0.05, 0) is 30.5 Å². The number of amides is 1. The zero-order chi connectivity index (χ0) is 13.2. The molecule has 98 valence electrons. The first-order valence-corrected chi connectivity index (χ1v) is 7.07. The van der Waals surface area contributed by atoms with Crippen LogP contribution in [-0.2, 0) is 10.2 Å². The van der Waals surface area contributed by atoms with E-state index in [9.17, 15) is 4.79 Å². The van der Waals surface area contributed by atoms with Gasteiger partial charge in [-0.15, -0.1) is 0 Å². The lowest BCUT2D eigenvalue weighted by Crippen LogP contribution is -2.38. The van der Waals surface area contributed by atoms with Gasteiger partial charge in [-0.25, -0.2) is 0 Å². The van der Waals surface area contributed by atoms with Crippen molar-refractivity contribution in [2.45, 2.75) is 24.7 Å². The third-order valence-electron chi connectivity index (χ3n) is 3.91. The first-order chi connectivity index (χ1) is 8.57. The largest absolute Gasteiger partial charge is 0.346 e. The monoisotopic (exact) mass is 310 g/mol. The summed E-state index contributed by atoms with van der Waals surface area (Å²) in [5.41, 5.74) is 6.99. The second-order valence-electron chi connectivity index (χ2n) is 5.09. The van der Waals surface area contributed by atoms with Crippen molar-refractivity contribution in [2.24, 2.45) is 5.73 Å². The van der Waals surface area contributed by atoms with E-state index in [4.69, 9.17) is 5.73 Å². The summed E-state index contributed by atoms with van der Waals surface area (Å²) in [4.78, 5) is 13.9. The van der Waals surface area contributed by atoms with Crippen molar-refractivity contribution >= 4 is 21.8 Å². The first-order valence-electron chi connectivity index (χ1n) is 6.27. The number of halogens is 1. The van der Waals surface area contributed by atoms with Crippen molar-refractivity contribution in [1.82, 2.24) is 4.90 Å². The zero-order valence-corrected chi connectivity index (χ0v) is 12.2. The van der Waals surface area contributed by atoms with Gasteiger partial charge >= 0.3 is 0 Å². The summed E-state index contributed by atoms with van der Waals surface area (Å²) in [5.74, 6) is 0.195. The van der Waals surface area contributed by atoms with Crippen molar-refractivity contribution < 1.29 is 4.79 Å². The first kappa shape index (κ1) is 13.6. The summed E-state index contributed by atoms with van der Waals surface area (Å²) in [6.07, 6.45) is 2.50. The van der Waals surface area contributed by atoms with E-state index in [2.05, 4.69) is 28.1 Å². The van der Waals surface area contributed by atoms with Crippen LogP contribution in [0.15, 0.2) is 28.7 Å². The van der Waals surface area contributed by atoms with Gasteiger partial charge < -0.3 is 10.6 Å². The van der Waals surface area contributed by atoms with Crippen LogP contribution in [0.25, 0.3) is 0 Å². The Bertz CT molecular complexity index is 432. The molecule has 1 aliphatic heterocycles. The Morgan fingerprint density at radius 3 is 2.67 bits per heavy atom. The maximum atomic E-state index is 12.1. The van der Waals surface area contributed by atoms with E-state index >= 15 is 0 Å². The average molecular weight is 311 g/mol. The molecule has 0 saturated carbocycles. The second kappa shape index (κ2) is 5.41. The van der Waals surface area contributed by atoms with E-state index in [0.29, 0.717) is 13.0 Å². The van der Waals surface area contributed by atoms with Gasteiger partial charge in [0.1, 0.15) is 0 Å². The predicted molar refractivity (Wildman–Crippen MR) is 76.4 cm³/mol. The molecule has 2 N–H and O–H groups in total. The smallest absolute Gasteiger partial charge is 0.223 e. The fraction of sp³-hybridized carbons (Fsp3) is 0.500. The van der Waals surface area contributed by atoms with Gasteiger partial charge in [0.2, 0.25) is 5.91 Å². The minimum atomic E-state index is -0.192. The van der Waals surface area contributed by atoms with E-state index < -0.39 is 0 Å². The highest BCUT2D eigenvalue weighted by Gasteiger charge is 2.36. The summed E-state index contributed by atoms with van der Waals surface area (Å²) in [6, 6.07) is 8.20. The highest BCUT2D eigenvalue weighted by Crippen LogP contribution is 2.35. The Morgan fingerprint density at radius 1 is 1.39 bits per heavy atom. The summed E-state index contributed by atoms with van der Waals surface area (Å²) in [7, 11) is 1.87. The zero-order valence-electron chi connectivity index (χ0n) is 10.7. The SMILES string of the molecule is CN1CCCC(CN)(c2ccc(Br)cc2)CC1=O. The Hall–Kier alpha value is -0.870. The van der Waals surface area contributed by atoms with Gasteiger partial charge in [0.25, 0.3) is 0 Å². The van der Waals surface area contributed by atoms with Crippen LogP contribution in [0, 0.1) is 0 Å². The lowest BCUT2D eigenvalue weighted by Gasteiger charge is -2.31. The van der Waals surface area contributed by atoms with Crippen LogP contribution in [0.5, 0.6) is 0 Å². The predicted octanol–water partition coefficient (Wildman–Crippen LogP) is 2.29. The standard InChI is InChI=1S/C14H19BrN2O/c1-17-8-2-7-14(10-16,9-13(17)18)11-3-5-12(15)6-4-11/h3-6H,2,7-10,16H2,1H3. The van der Waals surface area contributed by atoms with E-state index in [-0.39, 0.29) is 11.3 Å². The van der Waals surface area contributed by atoms with Gasteiger partial charge in [-0.2, -0.15) is 0 Å². The minimum Gasteiger partial charge on any atom is -0.346 e. The Morgan fingerprint density at radius 2 is 2.06 bits per heavy atom. The van der Waals surface area contributed by atoms with Crippen LogP contribution >= 0.6 is 15.9 Å². The Balaban J connectivity index is 2.34. The van der Waals surface area contributed by atoms with Crippen molar-refractivity contribution in [3.05, 3.63) is 34.3 Å². The minimum absolute atomic E-state index is 0.192. The number of nitrogens with zero attached hydrogens (tertiary/aromatic N) is 1. The van der Waals surface area contributed by atoms with Crippen LogP contribution in [0.4, 0.5) is 0 Å². The fourth-order valence-corrected chi connectivity index (χ4v) is 2.90. The average Bonchev–Trinajstić information content (AvgIpc) is 2.51. The van der Waals surface area contributed by atoms with Gasteiger partial charge in [0, 0.05) is 36.4 Å². The van der Waals surface area contributed by atoms with Gasteiger partial charge in [-0.1, -0.05) is 28.1 Å². The molecule has 1 saturated heterocycles. The lowest BCUT2D eigenvalue weighted by molar-refractivity contribution is -0.130. The van der Waals surface area contributed by atoms with Crippen molar-refractivity contribution in [3.63, 3.8) is 0 Å². The molecule has 4 heteroatoms. The highest BCUT2D eigenvalue weighted by molar-refractivity contribution is 9.10. The molecule has 1 heterocycles. The lowest BCUT2D eigenvalue weighted by atomic mass is 9.74. The topological polar surface area (TPSA) is 46.3 Å². The number of benzene rings is 1. The molecule has 0 aliphatic carbocycles. The molecule has 1 aromatic rings. The third kappa shape index (κ3) is 2.59. The molecule has 0 radical (unpaired) electrons. The van der Waals surface area contributed by atoms with Gasteiger partial charge in [-0.3, -0.25) is 4.79 Å². The molecule has 0 aromatic heterocycles. The summed E-state index contributed by atoms with van der Waals surface area (Å²) in [5, 5.41) is 0. The van der Waals surface area contributed by atoms with Gasteiger partial charge in [0.05, 0.1) is 0 Å². The molecule has 18 heavy (non-hydrogen) atoms. The van der Waals surface area contributed by atoms with E-state index in [1.165, 1.54) is 5.56 Å². The molecule has 2 rings (SSSR count). The Kier molecular flexibility index (Phi) is 4.07. The number of nitrogens with two attached hydrogens (primary N) is 1. The van der Waals surface area contributed by atoms with E-state index in [0.717, 1.165) is 23.9 Å². The van der Waals surface area contributed by atoms with Crippen LogP contribution in [-0.4, -0.2) is 30.9 Å². The van der Waals surface area contributed by atoms with Gasteiger partial charge in [0.15, 0.2) is 0 Å².